The summed E-state index contributed by atoms with van der Waals surface area (Å²) in [5, 5.41) is 5.70. The number of piperidine rings is 1. The summed E-state index contributed by atoms with van der Waals surface area (Å²) in [5.74, 6) is 0. The van der Waals surface area contributed by atoms with Gasteiger partial charge in [-0.15, -0.1) is 11.3 Å². The minimum Gasteiger partial charge on any atom is -0.248 e. The van der Waals surface area contributed by atoms with E-state index < -0.39 is 0 Å². The van der Waals surface area contributed by atoms with Crippen molar-refractivity contribution in [2.75, 3.05) is 0 Å². The molecule has 90 valence electrons. The largest absolute Gasteiger partial charge is 0.248 e. The van der Waals surface area contributed by atoms with Crippen LogP contribution in [0, 0.1) is 6.92 Å². The third-order valence-electron chi connectivity index (χ3n) is 3.27. The molecule has 0 aliphatic carbocycles. The number of thiazole rings is 1. The van der Waals surface area contributed by atoms with E-state index in [2.05, 4.69) is 34.6 Å². The van der Waals surface area contributed by atoms with Crippen molar-refractivity contribution in [3.63, 3.8) is 0 Å². The van der Waals surface area contributed by atoms with E-state index in [9.17, 15) is 0 Å². The van der Waals surface area contributed by atoms with Crippen molar-refractivity contribution in [3.05, 3.63) is 16.1 Å². The molecule has 1 fully saturated rings. The van der Waals surface area contributed by atoms with Crippen LogP contribution in [-0.2, 0) is 6.54 Å². The van der Waals surface area contributed by atoms with Crippen LogP contribution in [0.1, 0.15) is 43.8 Å². The highest BCUT2D eigenvalue weighted by atomic mass is 32.1. The maximum Gasteiger partial charge on any atom is 0.108 e. The van der Waals surface area contributed by atoms with Gasteiger partial charge in [-0.25, -0.2) is 15.4 Å². The van der Waals surface area contributed by atoms with Crippen molar-refractivity contribution in [3.8, 4) is 0 Å². The fourth-order valence-corrected chi connectivity index (χ4v) is 3.08. The second kappa shape index (κ2) is 5.25. The predicted molar refractivity (Wildman–Crippen MR) is 68.3 cm³/mol. The lowest BCUT2D eigenvalue weighted by molar-refractivity contribution is 0.0435. The molecule has 1 aromatic rings. The van der Waals surface area contributed by atoms with E-state index >= 15 is 0 Å². The summed E-state index contributed by atoms with van der Waals surface area (Å²) in [4.78, 5) is 4.47. The fraction of sp³-hybridized carbons (Fsp3) is 0.750. The van der Waals surface area contributed by atoms with Gasteiger partial charge >= 0.3 is 0 Å². The molecule has 0 bridgehead atoms. The molecule has 0 amide bonds. The monoisotopic (exact) mass is 239 g/mol. The van der Waals surface area contributed by atoms with Crippen LogP contribution in [0.15, 0.2) is 5.38 Å². The van der Waals surface area contributed by atoms with Crippen molar-refractivity contribution in [2.45, 2.75) is 58.7 Å². The Morgan fingerprint density at radius 2 is 2.12 bits per heavy atom. The highest BCUT2D eigenvalue weighted by Gasteiger charge is 2.24. The zero-order valence-corrected chi connectivity index (χ0v) is 11.2. The van der Waals surface area contributed by atoms with Gasteiger partial charge in [-0.2, -0.15) is 0 Å². The summed E-state index contributed by atoms with van der Waals surface area (Å²) in [6, 6.07) is 1.29. The second-order valence-electron chi connectivity index (χ2n) is 4.75. The van der Waals surface area contributed by atoms with Crippen molar-refractivity contribution >= 4 is 11.3 Å². The number of rotatable bonds is 3. The fourth-order valence-electron chi connectivity index (χ4n) is 2.38. The van der Waals surface area contributed by atoms with Crippen LogP contribution in [0.5, 0.6) is 0 Å². The molecule has 1 aromatic heterocycles. The summed E-state index contributed by atoms with van der Waals surface area (Å²) in [6.07, 6.45) is 3.96. The standard InChI is InChI=1S/C12H21N3S/c1-9-8-16-12(14-9)7-13-15-10(2)5-4-6-11(15)3/h8,10-11,13H,4-7H2,1-3H3. The predicted octanol–water partition coefficient (Wildman–Crippen LogP) is 2.72. The number of hydrazine groups is 1. The van der Waals surface area contributed by atoms with Gasteiger partial charge < -0.3 is 0 Å². The Kier molecular flexibility index (Phi) is 3.95. The van der Waals surface area contributed by atoms with Crippen molar-refractivity contribution < 1.29 is 0 Å². The second-order valence-corrected chi connectivity index (χ2v) is 5.70. The lowest BCUT2D eigenvalue weighted by atomic mass is 10.00. The Morgan fingerprint density at radius 3 is 2.69 bits per heavy atom. The van der Waals surface area contributed by atoms with Crippen LogP contribution < -0.4 is 5.43 Å². The van der Waals surface area contributed by atoms with Gasteiger partial charge in [0.25, 0.3) is 0 Å². The first-order valence-electron chi connectivity index (χ1n) is 6.09. The first-order chi connectivity index (χ1) is 7.66. The molecule has 4 heteroatoms. The van der Waals surface area contributed by atoms with Crippen LogP contribution >= 0.6 is 11.3 Å². The van der Waals surface area contributed by atoms with E-state index in [4.69, 9.17) is 0 Å². The summed E-state index contributed by atoms with van der Waals surface area (Å²) in [7, 11) is 0. The highest BCUT2D eigenvalue weighted by Crippen LogP contribution is 2.20. The van der Waals surface area contributed by atoms with Gasteiger partial charge in [0.15, 0.2) is 0 Å². The average Bonchev–Trinajstić information content (AvgIpc) is 2.63. The van der Waals surface area contributed by atoms with Crippen LogP contribution in [-0.4, -0.2) is 22.1 Å². The molecule has 1 saturated heterocycles. The van der Waals surface area contributed by atoms with Crippen LogP contribution in [0.3, 0.4) is 0 Å². The SMILES string of the molecule is Cc1csc(CNN2C(C)CCCC2C)n1. The van der Waals surface area contributed by atoms with Crippen LogP contribution in [0.25, 0.3) is 0 Å². The molecule has 2 rings (SSSR count). The molecule has 1 aliphatic rings. The van der Waals surface area contributed by atoms with E-state index in [-0.39, 0.29) is 0 Å². The number of hydrogen-bond donors (Lipinski definition) is 1. The molecular weight excluding hydrogens is 218 g/mol. The molecule has 2 unspecified atom stereocenters. The van der Waals surface area contributed by atoms with Crippen molar-refractivity contribution in [2.24, 2.45) is 0 Å². The Morgan fingerprint density at radius 1 is 1.44 bits per heavy atom. The van der Waals surface area contributed by atoms with E-state index in [0.717, 1.165) is 12.2 Å². The highest BCUT2D eigenvalue weighted by molar-refractivity contribution is 7.09. The molecule has 1 N–H and O–H groups in total. The molecule has 0 spiro atoms. The van der Waals surface area contributed by atoms with Crippen molar-refractivity contribution in [1.82, 2.24) is 15.4 Å². The molecular formula is C12H21N3S. The summed E-state index contributed by atoms with van der Waals surface area (Å²) in [6.45, 7) is 7.52. The first kappa shape index (κ1) is 12.0. The van der Waals surface area contributed by atoms with Crippen molar-refractivity contribution in [1.29, 1.82) is 0 Å². The van der Waals surface area contributed by atoms with Crippen LogP contribution in [0.4, 0.5) is 0 Å². The van der Waals surface area contributed by atoms with Gasteiger partial charge in [0.1, 0.15) is 5.01 Å². The molecule has 2 atom stereocenters. The number of aryl methyl sites for hydroxylation is 1. The lowest BCUT2D eigenvalue weighted by Crippen LogP contribution is -2.51. The summed E-state index contributed by atoms with van der Waals surface area (Å²) < 4.78 is 0. The maximum atomic E-state index is 4.47. The summed E-state index contributed by atoms with van der Waals surface area (Å²) >= 11 is 1.74. The number of nitrogens with zero attached hydrogens (tertiary/aromatic N) is 2. The van der Waals surface area contributed by atoms with Gasteiger partial charge in [-0.1, -0.05) is 6.42 Å². The molecule has 0 radical (unpaired) electrons. The minimum absolute atomic E-state index is 0.643. The zero-order valence-electron chi connectivity index (χ0n) is 10.4. The van der Waals surface area contributed by atoms with Gasteiger partial charge in [-0.3, -0.25) is 0 Å². The lowest BCUT2D eigenvalue weighted by Gasteiger charge is -2.38. The quantitative estimate of drug-likeness (QED) is 0.879. The van der Waals surface area contributed by atoms with Crippen LogP contribution in [0.2, 0.25) is 0 Å². The Balaban J connectivity index is 1.88. The first-order valence-corrected chi connectivity index (χ1v) is 6.97. The molecule has 0 saturated carbocycles. The van der Waals surface area contributed by atoms with Gasteiger partial charge in [0.2, 0.25) is 0 Å². The topological polar surface area (TPSA) is 28.2 Å². The van der Waals surface area contributed by atoms with Gasteiger partial charge in [-0.05, 0) is 33.6 Å². The number of nitrogens with one attached hydrogen (secondary N) is 1. The smallest absolute Gasteiger partial charge is 0.108 e. The minimum atomic E-state index is 0.643. The summed E-state index contributed by atoms with van der Waals surface area (Å²) in [5.41, 5.74) is 4.66. The normalized spacial score (nSPS) is 27.2. The van der Waals surface area contributed by atoms with E-state index in [1.165, 1.54) is 24.3 Å². The third kappa shape index (κ3) is 2.81. The zero-order chi connectivity index (χ0) is 11.5. The molecule has 3 nitrogen and oxygen atoms in total. The number of aromatic nitrogens is 1. The van der Waals surface area contributed by atoms with E-state index in [0.29, 0.717) is 12.1 Å². The van der Waals surface area contributed by atoms with Gasteiger partial charge in [0, 0.05) is 23.2 Å². The Hall–Kier alpha value is -0.450. The Bertz CT molecular complexity index is 327. The average molecular weight is 239 g/mol. The van der Waals surface area contributed by atoms with E-state index in [1.807, 2.05) is 6.92 Å². The third-order valence-corrected chi connectivity index (χ3v) is 4.24. The molecule has 16 heavy (non-hydrogen) atoms. The molecule has 1 aliphatic heterocycles. The Labute approximate surface area is 102 Å². The molecule has 2 heterocycles. The van der Waals surface area contributed by atoms with E-state index in [1.54, 1.807) is 11.3 Å². The molecule has 0 aromatic carbocycles. The maximum absolute atomic E-state index is 4.47. The number of hydrogen-bond acceptors (Lipinski definition) is 4. The van der Waals surface area contributed by atoms with Gasteiger partial charge in [0.05, 0.1) is 6.54 Å².